The van der Waals surface area contributed by atoms with E-state index in [-0.39, 0.29) is 16.5 Å². The monoisotopic (exact) mass is 433 g/mol. The molecule has 0 aliphatic rings. The van der Waals surface area contributed by atoms with Gasteiger partial charge in [-0.05, 0) is 42.5 Å². The summed E-state index contributed by atoms with van der Waals surface area (Å²) in [5, 5.41) is 2.34. The number of esters is 1. The highest BCUT2D eigenvalue weighted by Crippen LogP contribution is 2.28. The second-order valence-electron chi connectivity index (χ2n) is 4.65. The number of hydrogen-bond acceptors (Lipinski definition) is 4. The minimum absolute atomic E-state index is 0.0926. The van der Waals surface area contributed by atoms with Gasteiger partial charge in [-0.25, -0.2) is 4.79 Å². The quantitative estimate of drug-likeness (QED) is 0.680. The zero-order chi connectivity index (χ0) is 18.4. The smallest absolute Gasteiger partial charge is 0.387 e. The van der Waals surface area contributed by atoms with Gasteiger partial charge >= 0.3 is 12.6 Å². The number of amides is 1. The Bertz CT molecular complexity index is 771. The summed E-state index contributed by atoms with van der Waals surface area (Å²) in [6, 6.07) is 10.2. The molecule has 0 atom stereocenters. The first kappa shape index (κ1) is 19.1. The summed E-state index contributed by atoms with van der Waals surface area (Å²) in [5.41, 5.74) is 0.545. The molecule has 0 aliphatic carbocycles. The lowest BCUT2D eigenvalue weighted by Gasteiger charge is -2.10. The SMILES string of the molecule is O=C(COC(=O)c1ccc(Br)cc1)Nc1ccc(OC(F)F)c(Cl)c1. The number of halogens is 4. The van der Waals surface area contributed by atoms with Gasteiger partial charge in [0, 0.05) is 10.2 Å². The Morgan fingerprint density at radius 3 is 2.44 bits per heavy atom. The third kappa shape index (κ3) is 5.99. The third-order valence-electron chi connectivity index (χ3n) is 2.85. The third-order valence-corrected chi connectivity index (χ3v) is 3.67. The molecule has 1 N–H and O–H groups in total. The fraction of sp³-hybridized carbons (Fsp3) is 0.125. The molecule has 0 bridgehead atoms. The van der Waals surface area contributed by atoms with Crippen LogP contribution in [0.25, 0.3) is 0 Å². The van der Waals surface area contributed by atoms with E-state index in [1.807, 2.05) is 0 Å². The number of alkyl halides is 2. The van der Waals surface area contributed by atoms with E-state index in [0.29, 0.717) is 5.56 Å². The lowest BCUT2D eigenvalue weighted by molar-refractivity contribution is -0.119. The topological polar surface area (TPSA) is 64.6 Å². The van der Waals surface area contributed by atoms with Gasteiger partial charge in [-0.3, -0.25) is 4.79 Å². The summed E-state index contributed by atoms with van der Waals surface area (Å²) in [5.74, 6) is -1.47. The highest BCUT2D eigenvalue weighted by Gasteiger charge is 2.12. The van der Waals surface area contributed by atoms with E-state index >= 15 is 0 Å². The molecule has 1 amide bonds. The Labute approximate surface area is 155 Å². The van der Waals surface area contributed by atoms with Crippen molar-refractivity contribution in [1.82, 2.24) is 0 Å². The van der Waals surface area contributed by atoms with Crippen molar-refractivity contribution in [2.75, 3.05) is 11.9 Å². The number of hydrogen-bond donors (Lipinski definition) is 1. The van der Waals surface area contributed by atoms with Crippen LogP contribution in [0.3, 0.4) is 0 Å². The molecule has 25 heavy (non-hydrogen) atoms. The van der Waals surface area contributed by atoms with E-state index in [4.69, 9.17) is 16.3 Å². The first-order chi connectivity index (χ1) is 11.8. The van der Waals surface area contributed by atoms with Crippen LogP contribution in [0, 0.1) is 0 Å². The first-order valence-corrected chi connectivity index (χ1v) is 7.99. The van der Waals surface area contributed by atoms with Crippen LogP contribution in [0.1, 0.15) is 10.4 Å². The maximum atomic E-state index is 12.1. The Kier molecular flexibility index (Phi) is 6.72. The zero-order valence-corrected chi connectivity index (χ0v) is 14.8. The van der Waals surface area contributed by atoms with Crippen molar-refractivity contribution in [3.63, 3.8) is 0 Å². The molecule has 2 aromatic rings. The molecule has 2 aromatic carbocycles. The highest BCUT2D eigenvalue weighted by molar-refractivity contribution is 9.10. The van der Waals surface area contributed by atoms with Gasteiger partial charge in [-0.15, -0.1) is 0 Å². The van der Waals surface area contributed by atoms with Crippen molar-refractivity contribution in [3.05, 3.63) is 57.5 Å². The van der Waals surface area contributed by atoms with Crippen molar-refractivity contribution >= 4 is 45.1 Å². The second kappa shape index (κ2) is 8.77. The minimum atomic E-state index is -3.00. The molecule has 0 spiro atoms. The van der Waals surface area contributed by atoms with E-state index < -0.39 is 25.1 Å². The molecule has 2 rings (SSSR count). The summed E-state index contributed by atoms with van der Waals surface area (Å²) in [7, 11) is 0. The summed E-state index contributed by atoms with van der Waals surface area (Å²) < 4.78 is 34.2. The van der Waals surface area contributed by atoms with E-state index in [1.165, 1.54) is 18.2 Å². The molecule has 0 aromatic heterocycles. The van der Waals surface area contributed by atoms with Crippen LogP contribution in [0.2, 0.25) is 5.02 Å². The van der Waals surface area contributed by atoms with Crippen molar-refractivity contribution in [1.29, 1.82) is 0 Å². The maximum absolute atomic E-state index is 12.1. The Hall–Kier alpha value is -2.19. The van der Waals surface area contributed by atoms with Crippen LogP contribution in [0.5, 0.6) is 5.75 Å². The summed E-state index contributed by atoms with van der Waals surface area (Å²) in [4.78, 5) is 23.6. The molecular formula is C16H11BrClF2NO4. The highest BCUT2D eigenvalue weighted by atomic mass is 79.9. The van der Waals surface area contributed by atoms with Crippen molar-refractivity contribution in [2.24, 2.45) is 0 Å². The average Bonchev–Trinajstić information content (AvgIpc) is 2.55. The number of benzene rings is 2. The predicted molar refractivity (Wildman–Crippen MR) is 91.1 cm³/mol. The number of carbonyl (C=O) groups is 2. The summed E-state index contributed by atoms with van der Waals surface area (Å²) >= 11 is 9.02. The molecular weight excluding hydrogens is 424 g/mol. The van der Waals surface area contributed by atoms with E-state index in [1.54, 1.807) is 24.3 Å². The van der Waals surface area contributed by atoms with Gasteiger partial charge in [0.2, 0.25) is 0 Å². The second-order valence-corrected chi connectivity index (χ2v) is 5.98. The standard InChI is InChI=1S/C16H11BrClF2NO4/c17-10-3-1-9(2-4-10)15(23)24-8-14(22)21-11-5-6-13(12(18)7-11)25-16(19)20/h1-7,16H,8H2,(H,21,22). The summed E-state index contributed by atoms with van der Waals surface area (Å²) in [6.45, 7) is -3.52. The molecule has 0 radical (unpaired) electrons. The Morgan fingerprint density at radius 1 is 1.16 bits per heavy atom. The number of nitrogens with one attached hydrogen (secondary N) is 1. The van der Waals surface area contributed by atoms with Gasteiger partial charge in [-0.1, -0.05) is 27.5 Å². The molecule has 0 aliphatic heterocycles. The van der Waals surface area contributed by atoms with Gasteiger partial charge in [0.25, 0.3) is 5.91 Å². The van der Waals surface area contributed by atoms with Crippen molar-refractivity contribution < 1.29 is 27.8 Å². The lowest BCUT2D eigenvalue weighted by atomic mass is 10.2. The first-order valence-electron chi connectivity index (χ1n) is 6.82. The number of anilines is 1. The maximum Gasteiger partial charge on any atom is 0.387 e. The average molecular weight is 435 g/mol. The van der Waals surface area contributed by atoms with E-state index in [0.717, 1.165) is 4.47 Å². The van der Waals surface area contributed by atoms with Crippen LogP contribution in [-0.2, 0) is 9.53 Å². The van der Waals surface area contributed by atoms with Crippen LogP contribution in [-0.4, -0.2) is 25.1 Å². The molecule has 0 saturated carbocycles. The number of carbonyl (C=O) groups excluding carboxylic acids is 2. The van der Waals surface area contributed by atoms with Crippen LogP contribution in [0.4, 0.5) is 14.5 Å². The minimum Gasteiger partial charge on any atom is -0.452 e. The lowest BCUT2D eigenvalue weighted by Crippen LogP contribution is -2.21. The molecule has 0 heterocycles. The zero-order valence-electron chi connectivity index (χ0n) is 12.5. The predicted octanol–water partition coefficient (Wildman–Crippen LogP) is 4.50. The van der Waals surface area contributed by atoms with Gasteiger partial charge in [0.05, 0.1) is 10.6 Å². The van der Waals surface area contributed by atoms with Gasteiger partial charge < -0.3 is 14.8 Å². The molecule has 0 unspecified atom stereocenters. The normalized spacial score (nSPS) is 10.4. The van der Waals surface area contributed by atoms with E-state index in [2.05, 4.69) is 26.0 Å². The van der Waals surface area contributed by atoms with Crippen molar-refractivity contribution in [3.8, 4) is 5.75 Å². The summed E-state index contributed by atoms with van der Waals surface area (Å²) in [6.07, 6.45) is 0. The van der Waals surface area contributed by atoms with Gasteiger partial charge in [0.15, 0.2) is 6.61 Å². The van der Waals surface area contributed by atoms with E-state index in [9.17, 15) is 18.4 Å². The van der Waals surface area contributed by atoms with Gasteiger partial charge in [-0.2, -0.15) is 8.78 Å². The largest absolute Gasteiger partial charge is 0.452 e. The number of rotatable bonds is 6. The fourth-order valence-corrected chi connectivity index (χ4v) is 2.26. The molecule has 0 saturated heterocycles. The molecule has 9 heteroatoms. The van der Waals surface area contributed by atoms with Crippen LogP contribution < -0.4 is 10.1 Å². The van der Waals surface area contributed by atoms with Crippen molar-refractivity contribution in [2.45, 2.75) is 6.61 Å². The van der Waals surface area contributed by atoms with Crippen LogP contribution in [0.15, 0.2) is 46.9 Å². The molecule has 132 valence electrons. The molecule has 5 nitrogen and oxygen atoms in total. The van der Waals surface area contributed by atoms with Gasteiger partial charge in [0.1, 0.15) is 5.75 Å². The van der Waals surface area contributed by atoms with Crippen LogP contribution >= 0.6 is 27.5 Å². The Balaban J connectivity index is 1.88. The molecule has 0 fully saturated rings. The fourth-order valence-electron chi connectivity index (χ4n) is 1.77. The Morgan fingerprint density at radius 2 is 1.84 bits per heavy atom. The number of ether oxygens (including phenoxy) is 2.